The zero-order valence-electron chi connectivity index (χ0n) is 71.7. The number of aromatic nitrogens is 14. The summed E-state index contributed by atoms with van der Waals surface area (Å²) in [6, 6.07) is 31.3. The first kappa shape index (κ1) is 117. The molecule has 12 rings (SSSR count). The van der Waals surface area contributed by atoms with Crippen LogP contribution >= 0.6 is 75.3 Å². The SMILES string of the molecule is C=C(CN)c1cccc2c(C(=O)NC)ncnc12.C=C(CNC(C)=O)c1cccc2c(C(=O)NC)ncnc12.CNC(=O)c1ncnc2c([C@H](C)CN)cccc12.CNC(=O)c1ncnc2c([C@H](C)CNC(C)=O)cccc12.CNC(=O)c1ncnc2c([C@H](C)CNc3cc(Cl)ncn3)cccc12.Clc1cc(Cl)ncn1.O=C([O-])C(F)(F)F.O=CO[O-].S.S.S.[H-].[K+].[K+]. The molecule has 5 aromatic carbocycles. The average Bonchev–Trinajstić information content (AvgIpc) is 0.813. The molecule has 0 saturated carbocycles. The number of hydrogen-bond acceptors (Lipinski definition) is 29. The van der Waals surface area contributed by atoms with Crippen molar-refractivity contribution in [3.8, 4) is 0 Å². The second-order valence-corrected chi connectivity index (χ2v) is 26.2. The Labute approximate surface area is 849 Å². The van der Waals surface area contributed by atoms with E-state index in [2.05, 4.69) is 137 Å². The first-order chi connectivity index (χ1) is 58.2. The van der Waals surface area contributed by atoms with Crippen molar-refractivity contribution in [1.29, 1.82) is 0 Å². The molecule has 12 aromatic rings. The summed E-state index contributed by atoms with van der Waals surface area (Å²) in [6.07, 6.45) is 4.48. The van der Waals surface area contributed by atoms with Crippen LogP contribution in [0.3, 0.4) is 0 Å². The molecule has 0 bridgehead atoms. The van der Waals surface area contributed by atoms with Crippen LogP contribution in [0.5, 0.6) is 0 Å². The van der Waals surface area contributed by atoms with E-state index < -0.39 is 12.1 Å². The van der Waals surface area contributed by atoms with E-state index in [-0.39, 0.29) is 210 Å². The smallest absolute Gasteiger partial charge is 1.00 e. The van der Waals surface area contributed by atoms with Gasteiger partial charge in [-0.2, -0.15) is 53.7 Å². The summed E-state index contributed by atoms with van der Waals surface area (Å²) >= 11 is 16.7. The van der Waals surface area contributed by atoms with E-state index >= 15 is 0 Å². The van der Waals surface area contributed by atoms with Crippen LogP contribution in [0, 0.1) is 0 Å². The number of carbonyl (C=O) groups is 9. The number of carbonyl (C=O) groups excluding carboxylic acids is 9. The minimum Gasteiger partial charge on any atom is -1.00 e. The van der Waals surface area contributed by atoms with Crippen molar-refractivity contribution >= 4 is 201 Å². The fraction of sp³-hybridized carbons (Fsp3) is 0.237. The number of anilines is 1. The molecule has 0 saturated heterocycles. The Balaban J connectivity index is 0. The van der Waals surface area contributed by atoms with Crippen molar-refractivity contribution in [1.82, 2.24) is 107 Å². The maximum Gasteiger partial charge on any atom is 1.00 e. The molecule has 666 valence electrons. The third-order valence-corrected chi connectivity index (χ3v) is 17.5. The molecule has 7 amide bonds. The molecule has 12 N–H and O–H groups in total. The molecule has 0 unspecified atom stereocenters. The van der Waals surface area contributed by atoms with Crippen LogP contribution < -0.4 is 167 Å². The molecule has 0 aliphatic rings. The predicted octanol–water partition coefficient (Wildman–Crippen LogP) is 1.00. The molecule has 0 spiro atoms. The minimum atomic E-state index is -5.19. The number of rotatable bonds is 20. The van der Waals surface area contributed by atoms with Crippen LogP contribution in [-0.4, -0.2) is 198 Å². The molecule has 7 aromatic heterocycles. The molecular formula is C80H91Cl3F3K2N24O12S3-. The zero-order chi connectivity index (χ0) is 90.3. The van der Waals surface area contributed by atoms with E-state index in [9.17, 15) is 46.7 Å². The van der Waals surface area contributed by atoms with Crippen LogP contribution in [0.25, 0.3) is 65.7 Å². The molecule has 47 heteroatoms. The van der Waals surface area contributed by atoms with Gasteiger partial charge in [-0.3, -0.25) is 38.4 Å². The topological polar surface area (TPSA) is 538 Å². The van der Waals surface area contributed by atoms with Gasteiger partial charge >= 0.3 is 109 Å². The van der Waals surface area contributed by atoms with Gasteiger partial charge in [0.15, 0.2) is 0 Å². The predicted molar refractivity (Wildman–Crippen MR) is 481 cm³/mol. The van der Waals surface area contributed by atoms with E-state index in [1.807, 2.05) is 98.8 Å². The van der Waals surface area contributed by atoms with Crippen molar-refractivity contribution in [3.05, 3.63) is 232 Å². The maximum absolute atomic E-state index is 12.0. The molecule has 0 aliphatic heterocycles. The standard InChI is InChI=1S/C17H17ClN6O.C15H18N4O2.C15H16N4O2.C13H16N4O.C13H14N4O.C4H2Cl2N2.C2HF3O2.CH2O3.2K.3H2S.H/c1-10(7-20-14-6-13(18)21-8-22-14)11-4-3-5-12-15(11)23-9-24-16(12)17(25)19-2;2*1-9(7-17-10(2)20)11-5-4-6-12-13(11)18-8-19-14(12)15(21)16-3;2*1-8(6-14)9-4-3-5-10-11(9)16-7-17-12(10)13(18)15-2;5-3-1-4(6)8-2-7-3;3-2(4,5)1(6)7;2-1-4-3;;;;;;/h3-6,8-10H,7H2,1-2H3,(H,19,25)(H,20,21,22);4-6,8-9H,7H2,1-3H3,(H,16,21)(H,17,20);4-6,8H,1,7H2,2-3H3,(H,16,21)(H,17,20);3-5,7-8H,6,14H2,1-2H3,(H,15,18);3-5,7H,1,6,14H2,2H3,(H,15,18);1-2H;(H,6,7);1,3H;;;3*1H2;/q;;;;;;;;2*+1;;;;-1/p-2/t10-;9-;;8-;;;;;;;;;;/m11.1........../s1. The van der Waals surface area contributed by atoms with Gasteiger partial charge in [-0.15, -0.1) is 0 Å². The van der Waals surface area contributed by atoms with Gasteiger partial charge in [0.1, 0.15) is 100 Å². The Morgan fingerprint density at radius 2 is 0.740 bits per heavy atom. The number of nitrogens with two attached hydrogens (primary N) is 2. The number of halogens is 6. The largest absolute Gasteiger partial charge is 1.00 e. The van der Waals surface area contributed by atoms with Crippen molar-refractivity contribution in [2.24, 2.45) is 11.5 Å². The average molecular weight is 1920 g/mol. The first-order valence-corrected chi connectivity index (χ1v) is 37.2. The normalized spacial score (nSPS) is 10.6. The van der Waals surface area contributed by atoms with Gasteiger partial charge in [0.2, 0.25) is 11.8 Å². The number of hydrogen-bond donors (Lipinski definition) is 10. The van der Waals surface area contributed by atoms with E-state index in [1.54, 1.807) is 47.4 Å². The third-order valence-electron chi connectivity index (χ3n) is 16.9. The Morgan fingerprint density at radius 1 is 0.457 bits per heavy atom. The number of nitrogens with one attached hydrogen (secondary N) is 8. The van der Waals surface area contributed by atoms with Crippen molar-refractivity contribution < 1.29 is 176 Å². The van der Waals surface area contributed by atoms with Crippen LogP contribution in [-0.2, 0) is 24.1 Å². The van der Waals surface area contributed by atoms with Gasteiger partial charge in [-0.25, -0.2) is 69.8 Å². The van der Waals surface area contributed by atoms with Gasteiger partial charge in [-0.05, 0) is 40.3 Å². The van der Waals surface area contributed by atoms with Crippen molar-refractivity contribution in [2.75, 3.05) is 73.3 Å². The summed E-state index contributed by atoms with van der Waals surface area (Å²) in [6.45, 7) is 19.1. The number of para-hydroxylation sites is 5. The van der Waals surface area contributed by atoms with Gasteiger partial charge in [0, 0.05) is 137 Å². The van der Waals surface area contributed by atoms with Gasteiger partial charge in [0.25, 0.3) is 36.0 Å². The number of alkyl halides is 3. The maximum atomic E-state index is 12.0. The second kappa shape index (κ2) is 60.2. The summed E-state index contributed by atoms with van der Waals surface area (Å²) in [5.74, 6) is -3.32. The minimum absolute atomic E-state index is 0. The molecule has 0 aliphatic carbocycles. The van der Waals surface area contributed by atoms with Gasteiger partial charge < -0.3 is 75.5 Å². The summed E-state index contributed by atoms with van der Waals surface area (Å²) in [5.41, 5.74) is 22.9. The number of carboxylic acid groups (broad SMARTS) is 1. The quantitative estimate of drug-likeness (QED) is 0.0167. The van der Waals surface area contributed by atoms with Crippen LogP contribution in [0.15, 0.2) is 161 Å². The van der Waals surface area contributed by atoms with E-state index in [0.29, 0.717) is 110 Å². The Morgan fingerprint density at radius 3 is 1.02 bits per heavy atom. The molecule has 3 atom stereocenters. The monoisotopic (exact) mass is 1920 g/mol. The van der Waals surface area contributed by atoms with Gasteiger partial charge in [0.05, 0.1) is 27.6 Å². The fourth-order valence-electron chi connectivity index (χ4n) is 10.8. The van der Waals surface area contributed by atoms with Crippen LogP contribution in [0.2, 0.25) is 15.5 Å². The van der Waals surface area contributed by atoms with E-state index in [0.717, 1.165) is 66.3 Å². The number of aliphatic carboxylic acids is 1. The van der Waals surface area contributed by atoms with Crippen LogP contribution in [0.4, 0.5) is 19.0 Å². The second-order valence-electron chi connectivity index (χ2n) is 25.1. The number of fused-ring (bicyclic) bond motifs is 5. The number of amides is 7. The zero-order valence-corrected chi connectivity index (χ0v) is 82.2. The Bertz CT molecular complexity index is 5680. The molecule has 0 radical (unpaired) electrons. The van der Waals surface area contributed by atoms with E-state index in [4.69, 9.17) is 66.2 Å². The fourth-order valence-corrected chi connectivity index (χ4v) is 11.3. The molecule has 36 nitrogen and oxygen atoms in total. The Hall–Kier alpha value is -9.67. The summed E-state index contributed by atoms with van der Waals surface area (Å²) in [5, 5.41) is 43.5. The van der Waals surface area contributed by atoms with E-state index in [1.165, 1.54) is 64.2 Å². The third kappa shape index (κ3) is 35.7. The number of benzene rings is 5. The number of nitrogens with zero attached hydrogens (tertiary/aromatic N) is 14. The van der Waals surface area contributed by atoms with Crippen molar-refractivity contribution in [3.63, 3.8) is 0 Å². The molecule has 127 heavy (non-hydrogen) atoms. The van der Waals surface area contributed by atoms with Gasteiger partial charge in [-0.1, -0.05) is 160 Å². The molecular weight excluding hydrogens is 1830 g/mol. The molecule has 7 heterocycles. The summed E-state index contributed by atoms with van der Waals surface area (Å²) in [4.78, 5) is 158. The first-order valence-electron chi connectivity index (χ1n) is 36.1. The summed E-state index contributed by atoms with van der Waals surface area (Å²) < 4.78 is 31.5. The summed E-state index contributed by atoms with van der Waals surface area (Å²) in [7, 11) is 7.86. The van der Waals surface area contributed by atoms with Crippen molar-refractivity contribution in [2.45, 2.75) is 58.5 Å². The van der Waals surface area contributed by atoms with Crippen LogP contribution in [0.1, 0.15) is 134 Å². The molecule has 0 fully saturated rings. The number of carboxylic acids is 1. The Kier molecular flexibility index (Phi) is 55.6.